The van der Waals surface area contributed by atoms with E-state index in [-0.39, 0.29) is 5.91 Å². The molecule has 0 aliphatic carbocycles. The van der Waals surface area contributed by atoms with Gasteiger partial charge in [-0.3, -0.25) is 4.79 Å². The Kier molecular flexibility index (Phi) is 3.13. The van der Waals surface area contributed by atoms with Gasteiger partial charge in [-0.15, -0.1) is 0 Å². The molecule has 0 bridgehead atoms. The largest absolute Gasteiger partial charge is 0.323 e. The second-order valence-electron chi connectivity index (χ2n) is 4.20. The average molecular weight is 231 g/mol. The molecule has 0 fully saturated rings. The zero-order valence-electron chi connectivity index (χ0n) is 10.4. The van der Waals surface area contributed by atoms with E-state index < -0.39 is 0 Å². The van der Waals surface area contributed by atoms with E-state index >= 15 is 0 Å². The number of fused-ring (bicyclic) bond motifs is 1. The number of carbonyl (C=O) groups excluding carboxylic acids is 1. The fraction of sp³-hybridized carbons (Fsp3) is 0.385. The molecule has 90 valence electrons. The Balaban J connectivity index is 2.41. The van der Waals surface area contributed by atoms with E-state index in [1.165, 1.54) is 0 Å². The van der Waals surface area contributed by atoms with Crippen molar-refractivity contribution in [1.29, 1.82) is 0 Å². The molecule has 2 aromatic heterocycles. The van der Waals surface area contributed by atoms with Gasteiger partial charge in [0.1, 0.15) is 0 Å². The monoisotopic (exact) mass is 231 g/mol. The van der Waals surface area contributed by atoms with Crippen LogP contribution in [0.3, 0.4) is 0 Å². The van der Waals surface area contributed by atoms with Crippen LogP contribution < -0.4 is 5.32 Å². The molecule has 0 aliphatic heterocycles. The van der Waals surface area contributed by atoms with Crippen molar-refractivity contribution >= 4 is 17.2 Å². The summed E-state index contributed by atoms with van der Waals surface area (Å²) < 4.78 is 2.00. The molecule has 0 unspecified atom stereocenters. The maximum absolute atomic E-state index is 11.6. The van der Waals surface area contributed by atoms with Crippen LogP contribution in [0.4, 0.5) is 5.69 Å². The van der Waals surface area contributed by atoms with Crippen molar-refractivity contribution in [2.45, 2.75) is 33.6 Å². The van der Waals surface area contributed by atoms with Gasteiger partial charge in [0, 0.05) is 18.3 Å². The summed E-state index contributed by atoms with van der Waals surface area (Å²) in [5.41, 5.74) is 3.68. The molecule has 0 saturated carbocycles. The van der Waals surface area contributed by atoms with Crippen molar-refractivity contribution < 1.29 is 4.79 Å². The molecule has 0 aliphatic rings. The molecule has 2 rings (SSSR count). The molecule has 0 radical (unpaired) electrons. The van der Waals surface area contributed by atoms with E-state index in [2.05, 4.69) is 10.3 Å². The summed E-state index contributed by atoms with van der Waals surface area (Å²) in [7, 11) is 0. The highest BCUT2D eigenvalue weighted by Gasteiger charge is 2.09. The van der Waals surface area contributed by atoms with Gasteiger partial charge < -0.3 is 9.72 Å². The van der Waals surface area contributed by atoms with Crippen LogP contribution in [0.25, 0.3) is 5.65 Å². The number of amides is 1. The fourth-order valence-electron chi connectivity index (χ4n) is 1.84. The summed E-state index contributed by atoms with van der Waals surface area (Å²) in [4.78, 5) is 16.1. The van der Waals surface area contributed by atoms with Crippen molar-refractivity contribution in [2.75, 3.05) is 5.32 Å². The molecule has 0 spiro atoms. The molecule has 2 heterocycles. The number of nitrogens with zero attached hydrogens (tertiary/aromatic N) is 2. The predicted molar refractivity (Wildman–Crippen MR) is 68.2 cm³/mol. The summed E-state index contributed by atoms with van der Waals surface area (Å²) >= 11 is 0. The first-order valence-electron chi connectivity index (χ1n) is 5.87. The maximum Gasteiger partial charge on any atom is 0.224 e. The molecule has 4 heteroatoms. The Morgan fingerprint density at radius 2 is 2.24 bits per heavy atom. The second kappa shape index (κ2) is 4.57. The van der Waals surface area contributed by atoms with Gasteiger partial charge in [-0.2, -0.15) is 0 Å². The quantitative estimate of drug-likeness (QED) is 0.882. The van der Waals surface area contributed by atoms with Gasteiger partial charge in [0.15, 0.2) is 5.65 Å². The molecule has 4 nitrogen and oxygen atoms in total. The van der Waals surface area contributed by atoms with Crippen LogP contribution in [0.15, 0.2) is 18.3 Å². The summed E-state index contributed by atoms with van der Waals surface area (Å²) in [6.07, 6.45) is 3.35. The van der Waals surface area contributed by atoms with Gasteiger partial charge in [-0.1, -0.05) is 6.92 Å². The van der Waals surface area contributed by atoms with Crippen LogP contribution in [-0.4, -0.2) is 15.3 Å². The summed E-state index contributed by atoms with van der Waals surface area (Å²) in [6.45, 7) is 5.98. The van der Waals surface area contributed by atoms with Crippen LogP contribution in [0, 0.1) is 13.8 Å². The third-order valence-electron chi connectivity index (χ3n) is 2.88. The molecule has 2 aromatic rings. The van der Waals surface area contributed by atoms with E-state index in [1.54, 1.807) is 0 Å². The number of aryl methyl sites for hydroxylation is 2. The number of hydrogen-bond donors (Lipinski definition) is 1. The van der Waals surface area contributed by atoms with Crippen molar-refractivity contribution in [3.05, 3.63) is 29.7 Å². The Hall–Kier alpha value is -1.84. The third-order valence-corrected chi connectivity index (χ3v) is 2.88. The molecule has 1 N–H and O–H groups in total. The SMILES string of the molecule is CCCC(=O)Nc1cccn2c(C)c(C)nc12. The van der Waals surface area contributed by atoms with Gasteiger partial charge in [0.2, 0.25) is 5.91 Å². The van der Waals surface area contributed by atoms with E-state index in [4.69, 9.17) is 0 Å². The third kappa shape index (κ3) is 2.16. The zero-order valence-corrected chi connectivity index (χ0v) is 10.4. The van der Waals surface area contributed by atoms with Crippen LogP contribution in [0.5, 0.6) is 0 Å². The summed E-state index contributed by atoms with van der Waals surface area (Å²) in [6, 6.07) is 3.80. The minimum absolute atomic E-state index is 0.0407. The Morgan fingerprint density at radius 3 is 2.94 bits per heavy atom. The lowest BCUT2D eigenvalue weighted by Gasteiger charge is -2.06. The Labute approximate surface area is 101 Å². The number of aromatic nitrogens is 2. The van der Waals surface area contributed by atoms with Crippen molar-refractivity contribution in [3.63, 3.8) is 0 Å². The maximum atomic E-state index is 11.6. The van der Waals surface area contributed by atoms with E-state index in [0.717, 1.165) is 29.1 Å². The standard InChI is InChI=1S/C13H17N3O/c1-4-6-12(17)15-11-7-5-8-16-10(3)9(2)14-13(11)16/h5,7-8H,4,6H2,1-3H3,(H,15,17). The normalized spacial score (nSPS) is 10.8. The van der Waals surface area contributed by atoms with E-state index in [1.807, 2.05) is 43.5 Å². The number of rotatable bonds is 3. The lowest BCUT2D eigenvalue weighted by molar-refractivity contribution is -0.116. The molecule has 0 aromatic carbocycles. The first-order valence-corrected chi connectivity index (χ1v) is 5.87. The zero-order chi connectivity index (χ0) is 12.4. The highest BCUT2D eigenvalue weighted by atomic mass is 16.1. The Bertz CT molecular complexity index is 557. The minimum atomic E-state index is 0.0407. The average Bonchev–Trinajstić information content (AvgIpc) is 2.58. The fourth-order valence-corrected chi connectivity index (χ4v) is 1.84. The smallest absolute Gasteiger partial charge is 0.224 e. The molecule has 17 heavy (non-hydrogen) atoms. The van der Waals surface area contributed by atoms with E-state index in [9.17, 15) is 4.79 Å². The lowest BCUT2D eigenvalue weighted by atomic mass is 10.3. The topological polar surface area (TPSA) is 46.4 Å². The lowest BCUT2D eigenvalue weighted by Crippen LogP contribution is -2.11. The van der Waals surface area contributed by atoms with Crippen LogP contribution in [0.2, 0.25) is 0 Å². The van der Waals surface area contributed by atoms with Gasteiger partial charge >= 0.3 is 0 Å². The second-order valence-corrected chi connectivity index (χ2v) is 4.20. The van der Waals surface area contributed by atoms with Crippen molar-refractivity contribution in [2.24, 2.45) is 0 Å². The van der Waals surface area contributed by atoms with Gasteiger partial charge in [-0.05, 0) is 32.4 Å². The molecule has 0 atom stereocenters. The number of imidazole rings is 1. The first-order chi connectivity index (χ1) is 8.13. The van der Waals surface area contributed by atoms with Crippen molar-refractivity contribution in [1.82, 2.24) is 9.38 Å². The summed E-state index contributed by atoms with van der Waals surface area (Å²) in [5.74, 6) is 0.0407. The van der Waals surface area contributed by atoms with Gasteiger partial charge in [0.25, 0.3) is 0 Å². The minimum Gasteiger partial charge on any atom is -0.323 e. The predicted octanol–water partition coefficient (Wildman–Crippen LogP) is 2.69. The number of pyridine rings is 1. The highest BCUT2D eigenvalue weighted by molar-refractivity contribution is 5.94. The van der Waals surface area contributed by atoms with Gasteiger partial charge in [0.05, 0.1) is 11.4 Å². The number of nitrogens with one attached hydrogen (secondary N) is 1. The van der Waals surface area contributed by atoms with Crippen molar-refractivity contribution in [3.8, 4) is 0 Å². The van der Waals surface area contributed by atoms with Crippen LogP contribution >= 0.6 is 0 Å². The Morgan fingerprint density at radius 1 is 1.47 bits per heavy atom. The first kappa shape index (κ1) is 11.6. The number of hydrogen-bond acceptors (Lipinski definition) is 2. The highest BCUT2D eigenvalue weighted by Crippen LogP contribution is 2.19. The van der Waals surface area contributed by atoms with Crippen LogP contribution in [-0.2, 0) is 4.79 Å². The number of anilines is 1. The molecular formula is C13H17N3O. The molecule has 1 amide bonds. The van der Waals surface area contributed by atoms with Crippen LogP contribution in [0.1, 0.15) is 31.2 Å². The molecule has 0 saturated heterocycles. The van der Waals surface area contributed by atoms with Gasteiger partial charge in [-0.25, -0.2) is 4.98 Å². The summed E-state index contributed by atoms with van der Waals surface area (Å²) in [5, 5.41) is 2.90. The molecular weight excluding hydrogens is 214 g/mol. The van der Waals surface area contributed by atoms with E-state index in [0.29, 0.717) is 6.42 Å². The number of carbonyl (C=O) groups is 1.